The second-order valence-corrected chi connectivity index (χ2v) is 8.28. The molecule has 7 nitrogen and oxygen atoms in total. The summed E-state index contributed by atoms with van der Waals surface area (Å²) in [7, 11) is 3.52. The summed E-state index contributed by atoms with van der Waals surface area (Å²) >= 11 is 0. The standard InChI is InChI=1S/C26H35N5O2/c1-27-26(28-13-5-6-21-18-29-24-8-4-3-7-23(21)24)30-19-25(31-14-16-33-17-15-31)20-9-11-22(32-2)12-10-20/h3-4,7-12,18,25,29H,5-6,13-17,19H2,1-2H3,(H2,27,28,30). The number of aryl methyl sites for hydroxylation is 1. The van der Waals surface area contributed by atoms with Crippen LogP contribution < -0.4 is 15.4 Å². The Balaban J connectivity index is 1.30. The van der Waals surface area contributed by atoms with Crippen LogP contribution in [0, 0.1) is 0 Å². The number of H-pyrrole nitrogens is 1. The van der Waals surface area contributed by atoms with Crippen molar-refractivity contribution < 1.29 is 9.47 Å². The summed E-state index contributed by atoms with van der Waals surface area (Å²) in [4.78, 5) is 10.3. The molecule has 1 fully saturated rings. The van der Waals surface area contributed by atoms with Gasteiger partial charge in [0.15, 0.2) is 5.96 Å². The molecule has 33 heavy (non-hydrogen) atoms. The fourth-order valence-electron chi connectivity index (χ4n) is 4.41. The lowest BCUT2D eigenvalue weighted by Gasteiger charge is -2.35. The Kier molecular flexibility index (Phi) is 8.22. The van der Waals surface area contributed by atoms with Gasteiger partial charge in [-0.05, 0) is 42.2 Å². The lowest BCUT2D eigenvalue weighted by atomic mass is 10.0. The molecular formula is C26H35N5O2. The first-order valence-electron chi connectivity index (χ1n) is 11.7. The highest BCUT2D eigenvalue weighted by molar-refractivity contribution is 5.83. The Bertz CT molecular complexity index is 1020. The third-order valence-corrected chi connectivity index (χ3v) is 6.26. The highest BCUT2D eigenvalue weighted by Crippen LogP contribution is 2.24. The van der Waals surface area contributed by atoms with Crippen LogP contribution in [-0.4, -0.2) is 69.4 Å². The molecule has 7 heteroatoms. The van der Waals surface area contributed by atoms with E-state index in [2.05, 4.69) is 68.1 Å². The smallest absolute Gasteiger partial charge is 0.191 e. The maximum atomic E-state index is 5.57. The molecule has 0 amide bonds. The molecule has 0 spiro atoms. The Morgan fingerprint density at radius 2 is 1.91 bits per heavy atom. The minimum Gasteiger partial charge on any atom is -0.497 e. The topological polar surface area (TPSA) is 73.9 Å². The van der Waals surface area contributed by atoms with Crippen LogP contribution in [0.2, 0.25) is 0 Å². The minimum atomic E-state index is 0.240. The second kappa shape index (κ2) is 11.7. The van der Waals surface area contributed by atoms with Crippen LogP contribution in [0.1, 0.15) is 23.6 Å². The molecule has 0 bridgehead atoms. The van der Waals surface area contributed by atoms with Crippen molar-refractivity contribution in [1.29, 1.82) is 0 Å². The Morgan fingerprint density at radius 1 is 1.12 bits per heavy atom. The van der Waals surface area contributed by atoms with Gasteiger partial charge in [-0.25, -0.2) is 0 Å². The third kappa shape index (κ3) is 6.06. The van der Waals surface area contributed by atoms with Crippen molar-refractivity contribution in [3.63, 3.8) is 0 Å². The van der Waals surface area contributed by atoms with Crippen molar-refractivity contribution in [1.82, 2.24) is 20.5 Å². The van der Waals surface area contributed by atoms with Gasteiger partial charge < -0.3 is 25.1 Å². The van der Waals surface area contributed by atoms with E-state index in [4.69, 9.17) is 9.47 Å². The summed E-state index contributed by atoms with van der Waals surface area (Å²) in [6, 6.07) is 17.1. The number of rotatable bonds is 9. The first-order chi connectivity index (χ1) is 16.3. The van der Waals surface area contributed by atoms with E-state index >= 15 is 0 Å². The van der Waals surface area contributed by atoms with Crippen molar-refractivity contribution in [2.75, 3.05) is 53.6 Å². The van der Waals surface area contributed by atoms with Crippen LogP contribution in [0.5, 0.6) is 5.75 Å². The minimum absolute atomic E-state index is 0.240. The fourth-order valence-corrected chi connectivity index (χ4v) is 4.41. The number of nitrogens with one attached hydrogen (secondary N) is 3. The normalized spacial score (nSPS) is 16.0. The van der Waals surface area contributed by atoms with Crippen LogP contribution in [0.4, 0.5) is 0 Å². The Hall–Kier alpha value is -3.03. The number of morpholine rings is 1. The molecule has 4 rings (SSSR count). The van der Waals surface area contributed by atoms with Crippen LogP contribution in [0.3, 0.4) is 0 Å². The van der Waals surface area contributed by atoms with E-state index in [1.54, 1.807) is 7.11 Å². The number of ether oxygens (including phenoxy) is 2. The molecule has 0 radical (unpaired) electrons. The average Bonchev–Trinajstić information content (AvgIpc) is 3.29. The van der Waals surface area contributed by atoms with Gasteiger partial charge in [0, 0.05) is 50.3 Å². The van der Waals surface area contributed by atoms with E-state index in [0.717, 1.165) is 63.9 Å². The number of aromatic nitrogens is 1. The van der Waals surface area contributed by atoms with Crippen molar-refractivity contribution >= 4 is 16.9 Å². The summed E-state index contributed by atoms with van der Waals surface area (Å²) in [5, 5.41) is 8.32. The number of benzene rings is 2. The van der Waals surface area contributed by atoms with Crippen LogP contribution in [0.15, 0.2) is 59.7 Å². The van der Waals surface area contributed by atoms with Gasteiger partial charge in [-0.15, -0.1) is 0 Å². The van der Waals surface area contributed by atoms with Crippen molar-refractivity contribution in [2.24, 2.45) is 4.99 Å². The van der Waals surface area contributed by atoms with E-state index < -0.39 is 0 Å². The zero-order valence-corrected chi connectivity index (χ0v) is 19.6. The van der Waals surface area contributed by atoms with Gasteiger partial charge in [-0.1, -0.05) is 30.3 Å². The predicted octanol–water partition coefficient (Wildman–Crippen LogP) is 3.35. The lowest BCUT2D eigenvalue weighted by molar-refractivity contribution is 0.0170. The highest BCUT2D eigenvalue weighted by atomic mass is 16.5. The Labute approximate surface area is 196 Å². The molecule has 1 unspecified atom stereocenters. The average molecular weight is 450 g/mol. The van der Waals surface area contributed by atoms with Gasteiger partial charge in [0.25, 0.3) is 0 Å². The summed E-state index contributed by atoms with van der Waals surface area (Å²) in [6.07, 6.45) is 4.18. The largest absolute Gasteiger partial charge is 0.497 e. The molecule has 1 atom stereocenters. The predicted molar refractivity (Wildman–Crippen MR) is 134 cm³/mol. The number of nitrogens with zero attached hydrogens (tertiary/aromatic N) is 2. The number of fused-ring (bicyclic) bond motifs is 1. The van der Waals surface area contributed by atoms with Gasteiger partial charge in [0.1, 0.15) is 5.75 Å². The summed E-state index contributed by atoms with van der Waals surface area (Å²) in [5.41, 5.74) is 3.83. The van der Waals surface area contributed by atoms with Crippen molar-refractivity contribution in [3.05, 3.63) is 65.9 Å². The first-order valence-corrected chi connectivity index (χ1v) is 11.7. The zero-order valence-electron chi connectivity index (χ0n) is 19.6. The summed E-state index contributed by atoms with van der Waals surface area (Å²) in [5.74, 6) is 1.71. The highest BCUT2D eigenvalue weighted by Gasteiger charge is 2.23. The fraction of sp³-hybridized carbons (Fsp3) is 0.423. The molecule has 1 aliphatic heterocycles. The van der Waals surface area contributed by atoms with Gasteiger partial charge in [0.2, 0.25) is 0 Å². The van der Waals surface area contributed by atoms with Gasteiger partial charge >= 0.3 is 0 Å². The van der Waals surface area contributed by atoms with Gasteiger partial charge in [-0.3, -0.25) is 9.89 Å². The number of para-hydroxylation sites is 1. The number of aliphatic imine (C=N–C) groups is 1. The molecule has 2 heterocycles. The zero-order chi connectivity index (χ0) is 22.9. The monoisotopic (exact) mass is 449 g/mol. The molecule has 3 N–H and O–H groups in total. The number of aromatic amines is 1. The van der Waals surface area contributed by atoms with E-state index in [0.29, 0.717) is 0 Å². The molecule has 176 valence electrons. The van der Waals surface area contributed by atoms with E-state index in [9.17, 15) is 0 Å². The Morgan fingerprint density at radius 3 is 2.67 bits per heavy atom. The first kappa shape index (κ1) is 23.1. The molecule has 1 aromatic heterocycles. The van der Waals surface area contributed by atoms with E-state index in [1.807, 2.05) is 19.2 Å². The maximum Gasteiger partial charge on any atom is 0.191 e. The third-order valence-electron chi connectivity index (χ3n) is 6.26. The van der Waals surface area contributed by atoms with Crippen LogP contribution >= 0.6 is 0 Å². The van der Waals surface area contributed by atoms with E-state index in [1.165, 1.54) is 22.0 Å². The van der Waals surface area contributed by atoms with Crippen LogP contribution in [-0.2, 0) is 11.2 Å². The summed E-state index contributed by atoms with van der Waals surface area (Å²) < 4.78 is 10.9. The second-order valence-electron chi connectivity index (χ2n) is 8.28. The van der Waals surface area contributed by atoms with Crippen molar-refractivity contribution in [3.8, 4) is 5.75 Å². The SMILES string of the molecule is CN=C(NCCCc1c[nH]c2ccccc12)NCC(c1ccc(OC)cc1)N1CCOCC1. The molecule has 2 aromatic carbocycles. The van der Waals surface area contributed by atoms with Crippen molar-refractivity contribution in [2.45, 2.75) is 18.9 Å². The number of hydrogen-bond acceptors (Lipinski definition) is 4. The van der Waals surface area contributed by atoms with Gasteiger partial charge in [0.05, 0.1) is 26.4 Å². The molecular weight excluding hydrogens is 414 g/mol. The molecule has 1 aliphatic rings. The molecule has 1 saturated heterocycles. The maximum absolute atomic E-state index is 5.57. The molecule has 3 aromatic rings. The van der Waals surface area contributed by atoms with E-state index in [-0.39, 0.29) is 6.04 Å². The van der Waals surface area contributed by atoms with Crippen LogP contribution in [0.25, 0.3) is 10.9 Å². The molecule has 0 saturated carbocycles. The quantitative estimate of drug-likeness (QED) is 0.265. The van der Waals surface area contributed by atoms with Gasteiger partial charge in [-0.2, -0.15) is 0 Å². The molecule has 0 aliphatic carbocycles. The number of guanidine groups is 1. The number of hydrogen-bond donors (Lipinski definition) is 3. The summed E-state index contributed by atoms with van der Waals surface area (Å²) in [6.45, 7) is 5.03. The lowest BCUT2D eigenvalue weighted by Crippen LogP contribution is -2.46. The number of methoxy groups -OCH3 is 1.